The van der Waals surface area contributed by atoms with Gasteiger partial charge in [-0.25, -0.2) is 4.21 Å². The molecule has 0 radical (unpaired) electrons. The molecule has 29 heavy (non-hydrogen) atoms. The van der Waals surface area contributed by atoms with Crippen molar-refractivity contribution in [2.75, 3.05) is 6.26 Å². The Bertz CT molecular complexity index is 1140. The minimum Gasteiger partial charge on any atom is -0.339 e. The molecule has 0 fully saturated rings. The van der Waals surface area contributed by atoms with E-state index in [1.54, 1.807) is 19.1 Å². The summed E-state index contributed by atoms with van der Waals surface area (Å²) in [6, 6.07) is 10.5. The van der Waals surface area contributed by atoms with E-state index in [1.807, 2.05) is 0 Å². The molecule has 6 nitrogen and oxygen atoms in total. The molecule has 0 N–H and O–H groups in total. The molecule has 0 bridgehead atoms. The first-order valence-corrected chi connectivity index (χ1v) is 10.4. The van der Waals surface area contributed by atoms with E-state index in [2.05, 4.69) is 14.5 Å². The number of nitrogens with zero attached hydrogens (tertiary/aromatic N) is 3. The van der Waals surface area contributed by atoms with Crippen molar-refractivity contribution in [3.05, 3.63) is 71.1 Å². The molecule has 3 aromatic rings. The van der Waals surface area contributed by atoms with E-state index >= 15 is 0 Å². The second-order valence-electron chi connectivity index (χ2n) is 6.41. The van der Waals surface area contributed by atoms with Crippen molar-refractivity contribution >= 4 is 15.6 Å². The molecule has 152 valence electrons. The zero-order chi connectivity index (χ0) is 21.2. The lowest BCUT2D eigenvalue weighted by Gasteiger charge is -2.08. The van der Waals surface area contributed by atoms with Gasteiger partial charge in [0.15, 0.2) is 0 Å². The zero-order valence-electron chi connectivity index (χ0n) is 15.4. The molecule has 1 atom stereocenters. The molecule has 10 heteroatoms. The van der Waals surface area contributed by atoms with Crippen LogP contribution >= 0.6 is 0 Å². The van der Waals surface area contributed by atoms with Crippen molar-refractivity contribution in [3.63, 3.8) is 0 Å². The van der Waals surface area contributed by atoms with Crippen LogP contribution in [0.5, 0.6) is 0 Å². The minimum atomic E-state index is -4.45. The SMILES string of the molecule is Cc1nc(-c2ccc(C(=O)N=S(C)(=O)Cc3ccc(C(F)(F)F)cc3)cc2)no1. The van der Waals surface area contributed by atoms with Crippen LogP contribution in [0.1, 0.15) is 27.4 Å². The van der Waals surface area contributed by atoms with Crippen LogP contribution in [0.4, 0.5) is 13.2 Å². The Balaban J connectivity index is 1.75. The Kier molecular flexibility index (Phi) is 5.56. The largest absolute Gasteiger partial charge is 0.416 e. The van der Waals surface area contributed by atoms with Gasteiger partial charge in [0.2, 0.25) is 11.7 Å². The number of carbonyl (C=O) groups is 1. The Morgan fingerprint density at radius 1 is 1.10 bits per heavy atom. The normalized spacial score (nSPS) is 13.7. The van der Waals surface area contributed by atoms with Crippen LogP contribution in [0.2, 0.25) is 0 Å². The second-order valence-corrected chi connectivity index (χ2v) is 8.80. The standard InChI is InChI=1S/C19H16F3N3O3S/c1-12-23-17(24-28-12)14-5-7-15(8-6-14)18(26)25-29(2,27)11-13-3-9-16(10-4-13)19(20,21)22/h3-10H,11H2,1-2H3. The molecular weight excluding hydrogens is 407 g/mol. The van der Waals surface area contributed by atoms with Gasteiger partial charge in [0.1, 0.15) is 0 Å². The molecule has 1 amide bonds. The van der Waals surface area contributed by atoms with Crippen LogP contribution in [0.3, 0.4) is 0 Å². The topological polar surface area (TPSA) is 85.4 Å². The van der Waals surface area contributed by atoms with Gasteiger partial charge in [-0.2, -0.15) is 22.5 Å². The molecule has 0 aliphatic carbocycles. The van der Waals surface area contributed by atoms with Crippen molar-refractivity contribution < 1.29 is 26.7 Å². The monoisotopic (exact) mass is 423 g/mol. The summed E-state index contributed by atoms with van der Waals surface area (Å²) in [6.45, 7) is 1.65. The number of hydrogen-bond donors (Lipinski definition) is 0. The fourth-order valence-electron chi connectivity index (χ4n) is 2.54. The summed E-state index contributed by atoms with van der Waals surface area (Å²) in [7, 11) is -2.98. The number of rotatable bonds is 4. The summed E-state index contributed by atoms with van der Waals surface area (Å²) in [5, 5.41) is 3.78. The van der Waals surface area contributed by atoms with Crippen molar-refractivity contribution in [3.8, 4) is 11.4 Å². The maximum Gasteiger partial charge on any atom is 0.416 e. The number of aryl methyl sites for hydroxylation is 1. The number of hydrogen-bond acceptors (Lipinski definition) is 5. The number of amides is 1. The highest BCUT2D eigenvalue weighted by Crippen LogP contribution is 2.29. The van der Waals surface area contributed by atoms with E-state index in [9.17, 15) is 22.2 Å². The van der Waals surface area contributed by atoms with Crippen molar-refractivity contribution in [1.82, 2.24) is 10.1 Å². The van der Waals surface area contributed by atoms with Gasteiger partial charge in [-0.1, -0.05) is 29.4 Å². The quantitative estimate of drug-likeness (QED) is 0.617. The molecule has 0 aliphatic heterocycles. The van der Waals surface area contributed by atoms with Crippen LogP contribution < -0.4 is 0 Å². The van der Waals surface area contributed by atoms with Gasteiger partial charge in [-0.3, -0.25) is 4.79 Å². The molecular formula is C19H16F3N3O3S. The average molecular weight is 423 g/mol. The molecule has 0 aliphatic rings. The lowest BCUT2D eigenvalue weighted by Crippen LogP contribution is -2.08. The Labute approximate surface area is 164 Å². The lowest BCUT2D eigenvalue weighted by molar-refractivity contribution is -0.137. The predicted molar refractivity (Wildman–Crippen MR) is 100 cm³/mol. The Morgan fingerprint density at radius 2 is 1.72 bits per heavy atom. The highest BCUT2D eigenvalue weighted by molar-refractivity contribution is 7.92. The van der Waals surface area contributed by atoms with Crippen LogP contribution in [-0.2, 0) is 21.7 Å². The maximum atomic E-state index is 12.7. The van der Waals surface area contributed by atoms with E-state index in [4.69, 9.17) is 4.52 Å². The molecule has 2 aromatic carbocycles. The van der Waals surface area contributed by atoms with Crippen molar-refractivity contribution in [2.24, 2.45) is 4.36 Å². The Hall–Kier alpha value is -3.01. The number of halogens is 3. The van der Waals surface area contributed by atoms with E-state index in [0.29, 0.717) is 22.8 Å². The van der Waals surface area contributed by atoms with Crippen LogP contribution in [0.15, 0.2) is 57.4 Å². The summed E-state index contributed by atoms with van der Waals surface area (Å²) in [5.74, 6) is -0.0404. The van der Waals surface area contributed by atoms with Crippen LogP contribution in [0.25, 0.3) is 11.4 Å². The van der Waals surface area contributed by atoms with Crippen molar-refractivity contribution in [2.45, 2.75) is 18.9 Å². The molecule has 0 saturated heterocycles. The van der Waals surface area contributed by atoms with Gasteiger partial charge in [0, 0.05) is 24.3 Å². The van der Waals surface area contributed by atoms with Crippen LogP contribution in [0, 0.1) is 6.92 Å². The first-order valence-electron chi connectivity index (χ1n) is 8.34. The van der Waals surface area contributed by atoms with Gasteiger partial charge < -0.3 is 4.52 Å². The second kappa shape index (κ2) is 7.78. The third kappa shape index (κ3) is 5.29. The molecule has 0 spiro atoms. The van der Waals surface area contributed by atoms with E-state index in [1.165, 1.54) is 30.5 Å². The highest BCUT2D eigenvalue weighted by Gasteiger charge is 2.30. The maximum absolute atomic E-state index is 12.7. The third-order valence-electron chi connectivity index (χ3n) is 3.91. The molecule has 1 aromatic heterocycles. The summed E-state index contributed by atoms with van der Waals surface area (Å²) in [6.07, 6.45) is -3.15. The van der Waals surface area contributed by atoms with Gasteiger partial charge in [-0.05, 0) is 29.8 Å². The van der Waals surface area contributed by atoms with Gasteiger partial charge >= 0.3 is 6.18 Å². The number of carbonyl (C=O) groups excluding carboxylic acids is 1. The first-order chi connectivity index (χ1) is 13.5. The fourth-order valence-corrected chi connectivity index (χ4v) is 3.87. The fraction of sp³-hybridized carbons (Fsp3) is 0.211. The molecule has 1 unspecified atom stereocenters. The summed E-state index contributed by atoms with van der Waals surface area (Å²) in [4.78, 5) is 16.4. The van der Waals surface area contributed by atoms with Crippen molar-refractivity contribution in [1.29, 1.82) is 0 Å². The summed E-state index contributed by atoms with van der Waals surface area (Å²) >= 11 is 0. The average Bonchev–Trinajstić information content (AvgIpc) is 3.07. The van der Waals surface area contributed by atoms with E-state index < -0.39 is 27.4 Å². The first kappa shape index (κ1) is 20.7. The van der Waals surface area contributed by atoms with Gasteiger partial charge in [-0.15, -0.1) is 0 Å². The van der Waals surface area contributed by atoms with Gasteiger partial charge in [0.05, 0.1) is 21.0 Å². The number of benzene rings is 2. The van der Waals surface area contributed by atoms with E-state index in [-0.39, 0.29) is 11.3 Å². The summed E-state index contributed by atoms with van der Waals surface area (Å²) < 4.78 is 59.2. The molecule has 1 heterocycles. The highest BCUT2D eigenvalue weighted by atomic mass is 32.2. The van der Waals surface area contributed by atoms with E-state index in [0.717, 1.165) is 12.1 Å². The summed E-state index contributed by atoms with van der Waals surface area (Å²) in [5.41, 5.74) is 0.454. The lowest BCUT2D eigenvalue weighted by atomic mass is 10.1. The number of alkyl halides is 3. The van der Waals surface area contributed by atoms with Crippen LogP contribution in [-0.4, -0.2) is 26.5 Å². The Morgan fingerprint density at radius 3 is 2.24 bits per heavy atom. The molecule has 0 saturated carbocycles. The zero-order valence-corrected chi connectivity index (χ0v) is 16.3. The third-order valence-corrected chi connectivity index (χ3v) is 5.33. The predicted octanol–water partition coefficient (Wildman–Crippen LogP) is 4.50. The smallest absolute Gasteiger partial charge is 0.339 e. The number of aromatic nitrogens is 2. The minimum absolute atomic E-state index is 0.142. The molecule has 3 rings (SSSR count). The van der Waals surface area contributed by atoms with Gasteiger partial charge in [0.25, 0.3) is 5.91 Å².